The molecule has 1 unspecified atom stereocenters. The number of nitrogens with zero attached hydrogens (tertiary/aromatic N) is 1. The van der Waals surface area contributed by atoms with Crippen molar-refractivity contribution in [1.29, 1.82) is 0 Å². The number of primary amides is 1. The molecule has 0 aliphatic carbocycles. The Labute approximate surface area is 126 Å². The molecule has 2 N–H and O–H groups in total. The van der Waals surface area contributed by atoms with Crippen LogP contribution in [-0.4, -0.2) is 45.6 Å². The van der Waals surface area contributed by atoms with Crippen LogP contribution in [0.3, 0.4) is 0 Å². The van der Waals surface area contributed by atoms with Gasteiger partial charge in [-0.05, 0) is 41.5 Å². The lowest BCUT2D eigenvalue weighted by Crippen LogP contribution is -2.70. The van der Waals surface area contributed by atoms with Crippen molar-refractivity contribution in [2.24, 2.45) is 5.73 Å². The second-order valence-electron chi connectivity index (χ2n) is 7.40. The summed E-state index contributed by atoms with van der Waals surface area (Å²) in [5.41, 5.74) is 4.37. The van der Waals surface area contributed by atoms with Gasteiger partial charge in [0.15, 0.2) is 6.04 Å². The minimum atomic E-state index is -0.758. The minimum Gasteiger partial charge on any atom is -0.414 e. The predicted molar refractivity (Wildman–Crippen MR) is 78.4 cm³/mol. The van der Waals surface area contributed by atoms with Gasteiger partial charge in [-0.15, -0.1) is 11.6 Å². The highest BCUT2D eigenvalue weighted by Gasteiger charge is 2.63. The topological polar surface area (TPSA) is 69.4 Å². The van der Waals surface area contributed by atoms with Gasteiger partial charge in [-0.25, -0.2) is 4.48 Å². The molecule has 1 aliphatic rings. The van der Waals surface area contributed by atoms with Crippen LogP contribution in [0.15, 0.2) is 0 Å². The third-order valence-electron chi connectivity index (χ3n) is 3.78. The van der Waals surface area contributed by atoms with E-state index in [1.165, 1.54) is 0 Å². The summed E-state index contributed by atoms with van der Waals surface area (Å²) < 4.78 is 5.40. The number of quaternary nitrogens is 1. The van der Waals surface area contributed by atoms with Crippen molar-refractivity contribution in [3.05, 3.63) is 0 Å². The van der Waals surface area contributed by atoms with Crippen LogP contribution >= 0.6 is 11.6 Å². The highest BCUT2D eigenvalue weighted by molar-refractivity contribution is 6.22. The van der Waals surface area contributed by atoms with E-state index in [4.69, 9.17) is 22.1 Å². The summed E-state index contributed by atoms with van der Waals surface area (Å²) >= 11 is 6.25. The number of rotatable bonds is 1. The lowest BCUT2D eigenvalue weighted by Gasteiger charge is -2.45. The molecule has 2 amide bonds. The normalized spacial score (nSPS) is 31.1. The number of amides is 2. The van der Waals surface area contributed by atoms with Crippen molar-refractivity contribution >= 4 is 23.6 Å². The van der Waals surface area contributed by atoms with Crippen molar-refractivity contribution in [1.82, 2.24) is 0 Å². The standard InChI is InChI=1S/C14H25ClN2O3/c1-13(2,3)17(12(19)20-14(4,5)6)8-7-9(15)10(17)11(16)18/h9-10H,7-8H2,1-6H3,(H-,16,18)/p+1/t9-,10+,17?/m1/s1. The van der Waals surface area contributed by atoms with Crippen LogP contribution in [-0.2, 0) is 9.53 Å². The van der Waals surface area contributed by atoms with Gasteiger partial charge in [0.2, 0.25) is 0 Å². The molecule has 0 aromatic carbocycles. The van der Waals surface area contributed by atoms with Gasteiger partial charge in [0.05, 0.1) is 6.54 Å². The summed E-state index contributed by atoms with van der Waals surface area (Å²) in [6.07, 6.45) is 0.128. The maximum atomic E-state index is 12.8. The summed E-state index contributed by atoms with van der Waals surface area (Å²) in [6, 6.07) is -0.758. The number of nitrogens with two attached hydrogens (primary N) is 1. The van der Waals surface area contributed by atoms with Crippen LogP contribution in [0.4, 0.5) is 4.79 Å². The van der Waals surface area contributed by atoms with E-state index in [0.717, 1.165) is 0 Å². The highest BCUT2D eigenvalue weighted by atomic mass is 35.5. The Kier molecular flexibility index (Phi) is 4.47. The Morgan fingerprint density at radius 2 is 1.70 bits per heavy atom. The largest absolute Gasteiger partial charge is 0.517 e. The molecular formula is C14H26ClN2O3+. The Morgan fingerprint density at radius 3 is 2.05 bits per heavy atom. The van der Waals surface area contributed by atoms with Gasteiger partial charge in [-0.3, -0.25) is 4.79 Å². The van der Waals surface area contributed by atoms with Gasteiger partial charge in [0.1, 0.15) is 16.5 Å². The number of alkyl halides is 1. The first-order valence-corrected chi connectivity index (χ1v) is 7.31. The summed E-state index contributed by atoms with van der Waals surface area (Å²) in [5.74, 6) is -0.553. The van der Waals surface area contributed by atoms with E-state index < -0.39 is 34.6 Å². The molecule has 1 saturated heterocycles. The van der Waals surface area contributed by atoms with Crippen LogP contribution in [0.2, 0.25) is 0 Å². The first kappa shape index (κ1) is 17.2. The quantitative estimate of drug-likeness (QED) is 0.597. The molecule has 5 nitrogen and oxygen atoms in total. The van der Waals surface area contributed by atoms with Crippen LogP contribution < -0.4 is 5.73 Å². The second kappa shape index (κ2) is 5.19. The zero-order chi connectivity index (χ0) is 15.9. The van der Waals surface area contributed by atoms with Crippen molar-refractivity contribution in [2.75, 3.05) is 6.54 Å². The monoisotopic (exact) mass is 305 g/mol. The van der Waals surface area contributed by atoms with E-state index in [2.05, 4.69) is 0 Å². The molecule has 1 heterocycles. The highest BCUT2D eigenvalue weighted by Crippen LogP contribution is 2.40. The first-order chi connectivity index (χ1) is 8.83. The molecule has 6 heteroatoms. The Morgan fingerprint density at radius 1 is 1.20 bits per heavy atom. The van der Waals surface area contributed by atoms with Gasteiger partial charge in [-0.1, -0.05) is 0 Å². The molecule has 3 atom stereocenters. The maximum Gasteiger partial charge on any atom is 0.517 e. The van der Waals surface area contributed by atoms with E-state index in [9.17, 15) is 9.59 Å². The maximum absolute atomic E-state index is 12.8. The van der Waals surface area contributed by atoms with Gasteiger partial charge in [-0.2, -0.15) is 4.79 Å². The number of hydrogen-bond acceptors (Lipinski definition) is 3. The van der Waals surface area contributed by atoms with Gasteiger partial charge < -0.3 is 10.5 Å². The van der Waals surface area contributed by atoms with E-state index in [1.54, 1.807) is 20.8 Å². The fourth-order valence-corrected chi connectivity index (χ4v) is 3.28. The Balaban J connectivity index is 3.32. The molecule has 0 spiro atoms. The number of carbonyl (C=O) groups is 2. The first-order valence-electron chi connectivity index (χ1n) is 6.88. The molecule has 20 heavy (non-hydrogen) atoms. The van der Waals surface area contributed by atoms with Crippen molar-refractivity contribution in [2.45, 2.75) is 70.5 Å². The Bertz CT molecular complexity index is 412. The summed E-state index contributed by atoms with van der Waals surface area (Å²) in [6.45, 7) is 11.6. The fraction of sp³-hybridized carbons (Fsp3) is 0.857. The molecule has 0 radical (unpaired) electrons. The Hall–Kier alpha value is -0.810. The van der Waals surface area contributed by atoms with E-state index in [1.807, 2.05) is 20.8 Å². The van der Waals surface area contributed by atoms with Crippen LogP contribution in [0.25, 0.3) is 0 Å². The van der Waals surface area contributed by atoms with Crippen molar-refractivity contribution in [3.8, 4) is 0 Å². The molecule has 1 aliphatic heterocycles. The van der Waals surface area contributed by atoms with Crippen LogP contribution in [0, 0.1) is 0 Å². The van der Waals surface area contributed by atoms with Crippen LogP contribution in [0.5, 0.6) is 0 Å². The van der Waals surface area contributed by atoms with E-state index >= 15 is 0 Å². The minimum absolute atomic E-state index is 0.145. The third-order valence-corrected chi connectivity index (χ3v) is 4.24. The average molecular weight is 306 g/mol. The predicted octanol–water partition coefficient (Wildman–Crippen LogP) is 2.40. The number of likely N-dealkylation sites (tertiary alicyclic amines) is 1. The molecule has 116 valence electrons. The van der Waals surface area contributed by atoms with Crippen LogP contribution in [0.1, 0.15) is 48.0 Å². The molecule has 0 aromatic heterocycles. The third kappa shape index (κ3) is 2.93. The SMILES string of the molecule is CC(C)(C)OC(=O)[N+]1(C(C)(C)C)CC[C@@H](Cl)[C@H]1C(N)=O. The van der Waals surface area contributed by atoms with Gasteiger partial charge in [0.25, 0.3) is 5.91 Å². The van der Waals surface area contributed by atoms with Gasteiger partial charge in [0, 0.05) is 6.42 Å². The molecule has 0 saturated carbocycles. The van der Waals surface area contributed by atoms with Crippen molar-refractivity contribution in [3.63, 3.8) is 0 Å². The fourth-order valence-electron chi connectivity index (χ4n) is 2.87. The second-order valence-corrected chi connectivity index (χ2v) is 7.96. The van der Waals surface area contributed by atoms with Crippen molar-refractivity contribution < 1.29 is 18.8 Å². The number of ether oxygens (including phenoxy) is 1. The number of hydrogen-bond donors (Lipinski definition) is 1. The lowest BCUT2D eigenvalue weighted by molar-refractivity contribution is -0.906. The number of carbonyl (C=O) groups excluding carboxylic acids is 2. The zero-order valence-corrected chi connectivity index (χ0v) is 14.0. The number of halogens is 1. The molecule has 0 aromatic rings. The lowest BCUT2D eigenvalue weighted by atomic mass is 9.99. The van der Waals surface area contributed by atoms with Gasteiger partial charge >= 0.3 is 6.09 Å². The molecule has 1 rings (SSSR count). The summed E-state index contributed by atoms with van der Waals surface area (Å²) in [4.78, 5) is 24.6. The smallest absolute Gasteiger partial charge is 0.414 e. The average Bonchev–Trinajstić information content (AvgIpc) is 2.53. The molecule has 1 fully saturated rings. The van der Waals surface area contributed by atoms with E-state index in [-0.39, 0.29) is 4.48 Å². The summed E-state index contributed by atoms with van der Waals surface area (Å²) in [5, 5.41) is -0.445. The zero-order valence-electron chi connectivity index (χ0n) is 13.2. The van der Waals surface area contributed by atoms with E-state index in [0.29, 0.717) is 13.0 Å². The molecule has 0 bridgehead atoms. The summed E-state index contributed by atoms with van der Waals surface area (Å²) in [7, 11) is 0. The molecular weight excluding hydrogens is 280 g/mol.